The summed E-state index contributed by atoms with van der Waals surface area (Å²) in [6.45, 7) is 2.13. The molecule has 0 bridgehead atoms. The van der Waals surface area contributed by atoms with Crippen molar-refractivity contribution >= 4 is 23.6 Å². The van der Waals surface area contributed by atoms with Gasteiger partial charge in [-0.3, -0.25) is 0 Å². The van der Waals surface area contributed by atoms with E-state index in [9.17, 15) is 4.79 Å². The van der Waals surface area contributed by atoms with Crippen LogP contribution < -0.4 is 4.74 Å². The van der Waals surface area contributed by atoms with Crippen LogP contribution in [0.15, 0.2) is 24.3 Å². The molecule has 0 aliphatic carbocycles. The first kappa shape index (κ1) is 12.6. The number of hydrogen-bond acceptors (Lipinski definition) is 3. The Bertz CT molecular complexity index is 399. The average molecular weight is 241 g/mol. The molecule has 0 unspecified atom stereocenters. The third-order valence-corrected chi connectivity index (χ3v) is 2.17. The second-order valence-corrected chi connectivity index (χ2v) is 3.39. The van der Waals surface area contributed by atoms with E-state index < -0.39 is 0 Å². The van der Waals surface area contributed by atoms with Crippen LogP contribution in [0.3, 0.4) is 0 Å². The Balaban J connectivity index is 2.75. The molecular formula is C12H13ClO3. The van der Waals surface area contributed by atoms with Crippen molar-refractivity contribution in [2.75, 3.05) is 13.7 Å². The van der Waals surface area contributed by atoms with Crippen molar-refractivity contribution in [3.05, 3.63) is 34.9 Å². The molecule has 0 amide bonds. The van der Waals surface area contributed by atoms with E-state index >= 15 is 0 Å². The topological polar surface area (TPSA) is 35.5 Å². The van der Waals surface area contributed by atoms with Crippen LogP contribution in [0.5, 0.6) is 5.75 Å². The second-order valence-electron chi connectivity index (χ2n) is 2.98. The van der Waals surface area contributed by atoms with Gasteiger partial charge in [0, 0.05) is 6.08 Å². The summed E-state index contributed by atoms with van der Waals surface area (Å²) in [5.74, 6) is 0.240. The Kier molecular flexibility index (Phi) is 4.86. The zero-order valence-corrected chi connectivity index (χ0v) is 9.95. The maximum absolute atomic E-state index is 11.1. The fourth-order valence-electron chi connectivity index (χ4n) is 1.14. The van der Waals surface area contributed by atoms with Crippen molar-refractivity contribution in [2.45, 2.75) is 6.92 Å². The van der Waals surface area contributed by atoms with Gasteiger partial charge in [0.1, 0.15) is 5.75 Å². The van der Waals surface area contributed by atoms with E-state index in [4.69, 9.17) is 21.1 Å². The molecule has 86 valence electrons. The Morgan fingerprint density at radius 1 is 1.50 bits per heavy atom. The molecule has 0 aliphatic rings. The van der Waals surface area contributed by atoms with Crippen molar-refractivity contribution in [2.24, 2.45) is 0 Å². The van der Waals surface area contributed by atoms with Gasteiger partial charge in [0.15, 0.2) is 0 Å². The van der Waals surface area contributed by atoms with E-state index in [0.29, 0.717) is 17.4 Å². The molecule has 16 heavy (non-hydrogen) atoms. The number of halogens is 1. The summed E-state index contributed by atoms with van der Waals surface area (Å²) < 4.78 is 9.77. The number of benzene rings is 1. The van der Waals surface area contributed by atoms with E-state index in [1.54, 1.807) is 38.3 Å². The minimum atomic E-state index is -0.366. The molecule has 1 aromatic rings. The minimum Gasteiger partial charge on any atom is -0.495 e. The number of methoxy groups -OCH3 is 1. The molecule has 4 heteroatoms. The van der Waals surface area contributed by atoms with E-state index in [1.165, 1.54) is 6.08 Å². The first-order chi connectivity index (χ1) is 7.67. The molecule has 0 aliphatic heterocycles. The molecule has 0 fully saturated rings. The van der Waals surface area contributed by atoms with Gasteiger partial charge in [-0.15, -0.1) is 0 Å². The maximum Gasteiger partial charge on any atom is 0.330 e. The number of hydrogen-bond donors (Lipinski definition) is 0. The highest BCUT2D eigenvalue weighted by atomic mass is 35.5. The monoisotopic (exact) mass is 240 g/mol. The first-order valence-corrected chi connectivity index (χ1v) is 5.23. The first-order valence-electron chi connectivity index (χ1n) is 4.85. The summed E-state index contributed by atoms with van der Waals surface area (Å²) >= 11 is 5.93. The number of carbonyl (C=O) groups is 1. The Morgan fingerprint density at radius 3 is 2.81 bits per heavy atom. The molecule has 0 saturated carbocycles. The molecule has 0 radical (unpaired) electrons. The quantitative estimate of drug-likeness (QED) is 0.600. The summed E-state index contributed by atoms with van der Waals surface area (Å²) in [7, 11) is 1.55. The van der Waals surface area contributed by atoms with Gasteiger partial charge in [0.25, 0.3) is 0 Å². The highest BCUT2D eigenvalue weighted by molar-refractivity contribution is 6.32. The second kappa shape index (κ2) is 6.18. The van der Waals surface area contributed by atoms with Crippen LogP contribution >= 0.6 is 11.6 Å². The lowest BCUT2D eigenvalue weighted by atomic mass is 10.2. The SMILES string of the molecule is CCOC(=O)C=Cc1ccc(OC)c(Cl)c1. The van der Waals surface area contributed by atoms with Gasteiger partial charge in [0.05, 0.1) is 18.7 Å². The molecule has 0 aromatic heterocycles. The molecule has 1 aromatic carbocycles. The molecule has 1 rings (SSSR count). The van der Waals surface area contributed by atoms with E-state index in [1.807, 2.05) is 0 Å². The third kappa shape index (κ3) is 3.59. The van der Waals surface area contributed by atoms with E-state index in [-0.39, 0.29) is 5.97 Å². The zero-order chi connectivity index (χ0) is 12.0. The number of carbonyl (C=O) groups excluding carboxylic acids is 1. The summed E-state index contributed by atoms with van der Waals surface area (Å²) in [6.07, 6.45) is 3.00. The average Bonchev–Trinajstić information content (AvgIpc) is 2.27. The van der Waals surface area contributed by atoms with Crippen LogP contribution in [0.25, 0.3) is 6.08 Å². The van der Waals surface area contributed by atoms with Crippen LogP contribution in [-0.2, 0) is 9.53 Å². The standard InChI is InChI=1S/C12H13ClO3/c1-3-16-12(14)7-5-9-4-6-11(15-2)10(13)8-9/h4-8H,3H2,1-2H3. The largest absolute Gasteiger partial charge is 0.495 e. The lowest BCUT2D eigenvalue weighted by Crippen LogP contribution is -1.98. The summed E-state index contributed by atoms with van der Waals surface area (Å²) in [6, 6.07) is 5.27. The number of rotatable bonds is 4. The van der Waals surface area contributed by atoms with Crippen LogP contribution in [-0.4, -0.2) is 19.7 Å². The van der Waals surface area contributed by atoms with Gasteiger partial charge in [-0.25, -0.2) is 4.79 Å². The predicted octanol–water partition coefficient (Wildman–Crippen LogP) is 2.92. The fraction of sp³-hybridized carbons (Fsp3) is 0.250. The third-order valence-electron chi connectivity index (χ3n) is 1.87. The van der Waals surface area contributed by atoms with Gasteiger partial charge in [-0.1, -0.05) is 17.7 Å². The minimum absolute atomic E-state index is 0.366. The molecular weight excluding hydrogens is 228 g/mol. The van der Waals surface area contributed by atoms with Crippen molar-refractivity contribution in [1.82, 2.24) is 0 Å². The number of esters is 1. The molecule has 0 heterocycles. The Morgan fingerprint density at radius 2 is 2.25 bits per heavy atom. The number of ether oxygens (including phenoxy) is 2. The van der Waals surface area contributed by atoms with Crippen LogP contribution in [0, 0.1) is 0 Å². The van der Waals surface area contributed by atoms with Crippen LogP contribution in [0.1, 0.15) is 12.5 Å². The summed E-state index contributed by atoms with van der Waals surface area (Å²) in [5, 5.41) is 0.508. The molecule has 0 saturated heterocycles. The predicted molar refractivity (Wildman–Crippen MR) is 63.7 cm³/mol. The summed E-state index contributed by atoms with van der Waals surface area (Å²) in [5.41, 5.74) is 0.818. The van der Waals surface area contributed by atoms with Gasteiger partial charge in [0.2, 0.25) is 0 Å². The highest BCUT2D eigenvalue weighted by Crippen LogP contribution is 2.25. The van der Waals surface area contributed by atoms with Gasteiger partial charge >= 0.3 is 5.97 Å². The van der Waals surface area contributed by atoms with E-state index in [0.717, 1.165) is 5.56 Å². The highest BCUT2D eigenvalue weighted by Gasteiger charge is 2.00. The van der Waals surface area contributed by atoms with Crippen molar-refractivity contribution in [3.63, 3.8) is 0 Å². The normalized spacial score (nSPS) is 10.4. The smallest absolute Gasteiger partial charge is 0.330 e. The molecule has 0 atom stereocenters. The lowest BCUT2D eigenvalue weighted by molar-refractivity contribution is -0.137. The van der Waals surface area contributed by atoms with Crippen LogP contribution in [0.4, 0.5) is 0 Å². The zero-order valence-electron chi connectivity index (χ0n) is 9.20. The van der Waals surface area contributed by atoms with Crippen molar-refractivity contribution in [3.8, 4) is 5.75 Å². The van der Waals surface area contributed by atoms with Gasteiger partial charge in [-0.05, 0) is 30.7 Å². The lowest BCUT2D eigenvalue weighted by Gasteiger charge is -2.02. The molecule has 0 spiro atoms. The molecule has 0 N–H and O–H groups in total. The van der Waals surface area contributed by atoms with Gasteiger partial charge < -0.3 is 9.47 Å². The van der Waals surface area contributed by atoms with Gasteiger partial charge in [-0.2, -0.15) is 0 Å². The van der Waals surface area contributed by atoms with Crippen LogP contribution in [0.2, 0.25) is 5.02 Å². The van der Waals surface area contributed by atoms with Crippen molar-refractivity contribution in [1.29, 1.82) is 0 Å². The summed E-state index contributed by atoms with van der Waals surface area (Å²) in [4.78, 5) is 11.1. The fourth-order valence-corrected chi connectivity index (χ4v) is 1.41. The molecule has 3 nitrogen and oxygen atoms in total. The van der Waals surface area contributed by atoms with Crippen molar-refractivity contribution < 1.29 is 14.3 Å². The maximum atomic E-state index is 11.1. The Hall–Kier alpha value is -1.48. The Labute approximate surface area is 99.6 Å². The van der Waals surface area contributed by atoms with E-state index in [2.05, 4.69) is 0 Å².